The quantitative estimate of drug-likeness (QED) is 0.704. The Labute approximate surface area is 97.3 Å². The average Bonchev–Trinajstić information content (AvgIpc) is 2.79. The van der Waals surface area contributed by atoms with Gasteiger partial charge in [-0.3, -0.25) is 4.79 Å². The highest BCUT2D eigenvalue weighted by Crippen LogP contribution is 2.10. The van der Waals surface area contributed by atoms with Crippen LogP contribution in [-0.4, -0.2) is 49.7 Å². The zero-order valence-corrected chi connectivity index (χ0v) is 9.91. The SMILES string of the molecule is O=C1CCCCN1CCCNC1CCOC1. The fraction of sp³-hybridized carbons (Fsp3) is 0.917. The molecule has 0 radical (unpaired) electrons. The van der Waals surface area contributed by atoms with Crippen molar-refractivity contribution in [2.75, 3.05) is 32.8 Å². The highest BCUT2D eigenvalue weighted by molar-refractivity contribution is 5.76. The predicted molar refractivity (Wildman–Crippen MR) is 62.3 cm³/mol. The summed E-state index contributed by atoms with van der Waals surface area (Å²) in [5.41, 5.74) is 0. The van der Waals surface area contributed by atoms with Crippen molar-refractivity contribution in [2.24, 2.45) is 0 Å². The predicted octanol–water partition coefficient (Wildman–Crippen LogP) is 0.767. The molecule has 1 amide bonds. The molecule has 4 heteroatoms. The second-order valence-corrected chi connectivity index (χ2v) is 4.71. The summed E-state index contributed by atoms with van der Waals surface area (Å²) in [6.45, 7) is 4.62. The number of piperidine rings is 1. The summed E-state index contributed by atoms with van der Waals surface area (Å²) < 4.78 is 5.29. The number of nitrogens with zero attached hydrogens (tertiary/aromatic N) is 1. The van der Waals surface area contributed by atoms with Crippen LogP contribution in [0.4, 0.5) is 0 Å². The maximum Gasteiger partial charge on any atom is 0.222 e. The van der Waals surface area contributed by atoms with Crippen molar-refractivity contribution in [1.29, 1.82) is 0 Å². The maximum atomic E-state index is 11.5. The van der Waals surface area contributed by atoms with Crippen LogP contribution in [0.25, 0.3) is 0 Å². The second-order valence-electron chi connectivity index (χ2n) is 4.71. The van der Waals surface area contributed by atoms with Crippen molar-refractivity contribution in [1.82, 2.24) is 10.2 Å². The smallest absolute Gasteiger partial charge is 0.222 e. The van der Waals surface area contributed by atoms with Crippen molar-refractivity contribution < 1.29 is 9.53 Å². The highest BCUT2D eigenvalue weighted by atomic mass is 16.5. The van der Waals surface area contributed by atoms with E-state index in [0.717, 1.165) is 58.5 Å². The first-order valence-electron chi connectivity index (χ1n) is 6.45. The standard InChI is InChI=1S/C12H22N2O2/c15-12-4-1-2-7-14(12)8-3-6-13-11-5-9-16-10-11/h11,13H,1-10H2. The number of hydrogen-bond acceptors (Lipinski definition) is 3. The summed E-state index contributed by atoms with van der Waals surface area (Å²) in [6.07, 6.45) is 5.19. The normalized spacial score (nSPS) is 26.4. The Morgan fingerprint density at radius 2 is 2.38 bits per heavy atom. The van der Waals surface area contributed by atoms with Gasteiger partial charge >= 0.3 is 0 Å². The zero-order valence-electron chi connectivity index (χ0n) is 9.91. The Morgan fingerprint density at radius 3 is 3.12 bits per heavy atom. The van der Waals surface area contributed by atoms with Gasteiger partial charge in [-0.05, 0) is 32.2 Å². The van der Waals surface area contributed by atoms with Crippen molar-refractivity contribution >= 4 is 5.91 Å². The molecule has 2 saturated heterocycles. The van der Waals surface area contributed by atoms with E-state index in [1.807, 2.05) is 4.90 Å². The lowest BCUT2D eigenvalue weighted by molar-refractivity contribution is -0.133. The summed E-state index contributed by atoms with van der Waals surface area (Å²) in [5.74, 6) is 0.343. The monoisotopic (exact) mass is 226 g/mol. The zero-order chi connectivity index (χ0) is 11.2. The summed E-state index contributed by atoms with van der Waals surface area (Å²) in [4.78, 5) is 13.5. The molecule has 4 nitrogen and oxygen atoms in total. The molecule has 0 aromatic carbocycles. The molecule has 1 unspecified atom stereocenters. The minimum Gasteiger partial charge on any atom is -0.380 e. The molecule has 0 aromatic rings. The second kappa shape index (κ2) is 6.21. The molecular weight excluding hydrogens is 204 g/mol. The number of carbonyl (C=O) groups is 1. The van der Waals surface area contributed by atoms with Crippen LogP contribution < -0.4 is 5.32 Å². The fourth-order valence-corrected chi connectivity index (χ4v) is 2.37. The van der Waals surface area contributed by atoms with Crippen LogP contribution in [0.2, 0.25) is 0 Å². The largest absolute Gasteiger partial charge is 0.380 e. The Hall–Kier alpha value is -0.610. The highest BCUT2D eigenvalue weighted by Gasteiger charge is 2.18. The van der Waals surface area contributed by atoms with Gasteiger partial charge in [0.05, 0.1) is 6.61 Å². The lowest BCUT2D eigenvalue weighted by Crippen LogP contribution is -2.38. The molecule has 0 spiro atoms. The number of ether oxygens (including phenoxy) is 1. The number of likely N-dealkylation sites (tertiary alicyclic amines) is 1. The number of rotatable bonds is 5. The van der Waals surface area contributed by atoms with Crippen LogP contribution in [-0.2, 0) is 9.53 Å². The minimum absolute atomic E-state index is 0.343. The Balaban J connectivity index is 1.54. The van der Waals surface area contributed by atoms with Gasteiger partial charge in [0, 0.05) is 32.2 Å². The molecule has 16 heavy (non-hydrogen) atoms. The average molecular weight is 226 g/mol. The summed E-state index contributed by atoms with van der Waals surface area (Å²) >= 11 is 0. The van der Waals surface area contributed by atoms with E-state index in [2.05, 4.69) is 5.32 Å². The van der Waals surface area contributed by atoms with Gasteiger partial charge in [0.2, 0.25) is 5.91 Å². The van der Waals surface area contributed by atoms with E-state index in [0.29, 0.717) is 11.9 Å². The molecular formula is C12H22N2O2. The Kier molecular flexibility index (Phi) is 4.60. The molecule has 92 valence electrons. The first-order chi connectivity index (χ1) is 7.86. The van der Waals surface area contributed by atoms with E-state index in [1.165, 1.54) is 6.42 Å². The molecule has 2 fully saturated rings. The third-order valence-corrected chi connectivity index (χ3v) is 3.39. The molecule has 1 N–H and O–H groups in total. The van der Waals surface area contributed by atoms with Gasteiger partial charge in [-0.2, -0.15) is 0 Å². The van der Waals surface area contributed by atoms with Gasteiger partial charge in [0.1, 0.15) is 0 Å². The van der Waals surface area contributed by atoms with Gasteiger partial charge in [0.25, 0.3) is 0 Å². The van der Waals surface area contributed by atoms with Crippen LogP contribution in [0.3, 0.4) is 0 Å². The minimum atomic E-state index is 0.343. The lowest BCUT2D eigenvalue weighted by atomic mass is 10.1. The van der Waals surface area contributed by atoms with E-state index >= 15 is 0 Å². The number of amides is 1. The van der Waals surface area contributed by atoms with Crippen molar-refractivity contribution in [3.05, 3.63) is 0 Å². The van der Waals surface area contributed by atoms with Crippen LogP contribution in [0.15, 0.2) is 0 Å². The Bertz CT molecular complexity index is 227. The fourth-order valence-electron chi connectivity index (χ4n) is 2.37. The van der Waals surface area contributed by atoms with E-state index in [4.69, 9.17) is 4.74 Å². The molecule has 2 rings (SSSR count). The summed E-state index contributed by atoms with van der Waals surface area (Å²) in [5, 5.41) is 3.47. The number of hydrogen-bond donors (Lipinski definition) is 1. The van der Waals surface area contributed by atoms with Crippen LogP contribution in [0, 0.1) is 0 Å². The molecule has 2 aliphatic heterocycles. The van der Waals surface area contributed by atoms with Crippen LogP contribution >= 0.6 is 0 Å². The van der Waals surface area contributed by atoms with Gasteiger partial charge in [-0.15, -0.1) is 0 Å². The lowest BCUT2D eigenvalue weighted by Gasteiger charge is -2.26. The molecule has 0 aliphatic carbocycles. The third kappa shape index (κ3) is 3.46. The molecule has 2 heterocycles. The first-order valence-corrected chi connectivity index (χ1v) is 6.45. The molecule has 0 aromatic heterocycles. The van der Waals surface area contributed by atoms with E-state index in [9.17, 15) is 4.79 Å². The van der Waals surface area contributed by atoms with Crippen LogP contribution in [0.5, 0.6) is 0 Å². The van der Waals surface area contributed by atoms with Gasteiger partial charge in [-0.25, -0.2) is 0 Å². The first kappa shape index (κ1) is 11.9. The Morgan fingerprint density at radius 1 is 1.44 bits per heavy atom. The topological polar surface area (TPSA) is 41.6 Å². The van der Waals surface area contributed by atoms with Gasteiger partial charge in [0.15, 0.2) is 0 Å². The summed E-state index contributed by atoms with van der Waals surface area (Å²) in [7, 11) is 0. The van der Waals surface area contributed by atoms with Crippen LogP contribution in [0.1, 0.15) is 32.1 Å². The van der Waals surface area contributed by atoms with Gasteiger partial charge < -0.3 is 15.0 Å². The van der Waals surface area contributed by atoms with Crippen molar-refractivity contribution in [3.63, 3.8) is 0 Å². The molecule has 1 atom stereocenters. The van der Waals surface area contributed by atoms with Crippen molar-refractivity contribution in [3.8, 4) is 0 Å². The van der Waals surface area contributed by atoms with E-state index in [-0.39, 0.29) is 0 Å². The molecule has 2 aliphatic rings. The number of nitrogens with one attached hydrogen (secondary N) is 1. The molecule has 0 bridgehead atoms. The van der Waals surface area contributed by atoms with E-state index < -0.39 is 0 Å². The van der Waals surface area contributed by atoms with E-state index in [1.54, 1.807) is 0 Å². The van der Waals surface area contributed by atoms with Crippen molar-refractivity contribution in [2.45, 2.75) is 38.1 Å². The maximum absolute atomic E-state index is 11.5. The molecule has 0 saturated carbocycles. The third-order valence-electron chi connectivity index (χ3n) is 3.39. The summed E-state index contributed by atoms with van der Waals surface area (Å²) in [6, 6.07) is 0.539. The number of carbonyl (C=O) groups excluding carboxylic acids is 1. The van der Waals surface area contributed by atoms with Gasteiger partial charge in [-0.1, -0.05) is 0 Å².